The first-order chi connectivity index (χ1) is 7.16. The second-order valence-corrected chi connectivity index (χ2v) is 4.57. The van der Waals surface area contributed by atoms with E-state index in [2.05, 4.69) is 4.98 Å². The third kappa shape index (κ3) is 2.13. The molecule has 0 bridgehead atoms. The number of alkyl halides is 3. The summed E-state index contributed by atoms with van der Waals surface area (Å²) in [4.78, 5) is 12.3. The van der Waals surface area contributed by atoms with Gasteiger partial charge in [0.1, 0.15) is 5.69 Å². The van der Waals surface area contributed by atoms with E-state index in [1.807, 2.05) is 0 Å². The van der Waals surface area contributed by atoms with E-state index in [4.69, 9.17) is 5.11 Å². The van der Waals surface area contributed by atoms with Crippen LogP contribution in [0.4, 0.5) is 13.2 Å². The van der Waals surface area contributed by atoms with Crippen LogP contribution in [0.5, 0.6) is 0 Å². The molecule has 0 aliphatic heterocycles. The van der Waals surface area contributed by atoms with E-state index >= 15 is 0 Å². The maximum Gasteiger partial charge on any atom is 0.501 e. The Kier molecular flexibility index (Phi) is 2.91. The van der Waals surface area contributed by atoms with Gasteiger partial charge in [-0.3, -0.25) is 0 Å². The lowest BCUT2D eigenvalue weighted by atomic mass is 10.4. The molecule has 0 radical (unpaired) electrons. The van der Waals surface area contributed by atoms with Gasteiger partial charge in [0.05, 0.1) is 4.90 Å². The second kappa shape index (κ2) is 3.74. The number of halogens is 3. The minimum Gasteiger partial charge on any atom is -0.477 e. The molecular weight excluding hydrogens is 251 g/mol. The highest BCUT2D eigenvalue weighted by molar-refractivity contribution is 7.92. The first-order valence-corrected chi connectivity index (χ1v) is 5.15. The van der Waals surface area contributed by atoms with Gasteiger partial charge in [-0.15, -0.1) is 0 Å². The van der Waals surface area contributed by atoms with Crippen LogP contribution in [0.1, 0.15) is 10.5 Å². The molecule has 1 rings (SSSR count). The Morgan fingerprint density at radius 1 is 1.31 bits per heavy atom. The lowest BCUT2D eigenvalue weighted by Crippen LogP contribution is -2.23. The molecule has 0 aromatic carbocycles. The van der Waals surface area contributed by atoms with E-state index in [0.29, 0.717) is 18.3 Å². The van der Waals surface area contributed by atoms with Crippen molar-refractivity contribution < 1.29 is 31.5 Å². The van der Waals surface area contributed by atoms with Gasteiger partial charge in [0, 0.05) is 6.20 Å². The maximum atomic E-state index is 12.0. The van der Waals surface area contributed by atoms with E-state index in [0.717, 1.165) is 0 Å². The average Bonchev–Trinajstić information content (AvgIpc) is 2.16. The molecule has 5 nitrogen and oxygen atoms in total. The Morgan fingerprint density at radius 3 is 2.19 bits per heavy atom. The van der Waals surface area contributed by atoms with Gasteiger partial charge in [0.25, 0.3) is 9.84 Å². The lowest BCUT2D eigenvalue weighted by molar-refractivity contribution is -0.0436. The SMILES string of the molecule is O=C(O)c1ccc(S(=O)(=O)C(F)(F)F)cn1. The molecule has 9 heteroatoms. The molecular formula is C7H4F3NO4S. The summed E-state index contributed by atoms with van der Waals surface area (Å²) in [5.74, 6) is -1.46. The van der Waals surface area contributed by atoms with Crippen LogP contribution in [0.3, 0.4) is 0 Å². The van der Waals surface area contributed by atoms with Crippen molar-refractivity contribution in [1.29, 1.82) is 0 Å². The van der Waals surface area contributed by atoms with E-state index in [1.165, 1.54) is 0 Å². The van der Waals surface area contributed by atoms with Crippen molar-refractivity contribution >= 4 is 15.8 Å². The van der Waals surface area contributed by atoms with Gasteiger partial charge in [0.2, 0.25) is 0 Å². The number of nitrogens with zero attached hydrogens (tertiary/aromatic N) is 1. The van der Waals surface area contributed by atoms with Crippen molar-refractivity contribution in [2.45, 2.75) is 10.4 Å². The highest BCUT2D eigenvalue weighted by Gasteiger charge is 2.47. The van der Waals surface area contributed by atoms with E-state index in [1.54, 1.807) is 0 Å². The largest absolute Gasteiger partial charge is 0.501 e. The van der Waals surface area contributed by atoms with Gasteiger partial charge in [0.15, 0.2) is 0 Å². The van der Waals surface area contributed by atoms with E-state index in [9.17, 15) is 26.4 Å². The van der Waals surface area contributed by atoms with Gasteiger partial charge in [-0.25, -0.2) is 18.2 Å². The summed E-state index contributed by atoms with van der Waals surface area (Å²) < 4.78 is 57.8. The maximum absolute atomic E-state index is 12.0. The fourth-order valence-corrected chi connectivity index (χ4v) is 1.51. The number of carboxylic acid groups (broad SMARTS) is 1. The molecule has 0 fully saturated rings. The standard InChI is InChI=1S/C7H4F3NO4S/c8-7(9,10)16(14,15)4-1-2-5(6(12)13)11-3-4/h1-3H,(H,12,13). The minimum absolute atomic E-state index is 0.353. The number of pyridine rings is 1. The topological polar surface area (TPSA) is 84.3 Å². The fourth-order valence-electron chi connectivity index (χ4n) is 0.799. The molecule has 0 unspecified atom stereocenters. The van der Waals surface area contributed by atoms with Crippen molar-refractivity contribution in [2.24, 2.45) is 0 Å². The molecule has 16 heavy (non-hydrogen) atoms. The number of rotatable bonds is 2. The third-order valence-corrected chi connectivity index (χ3v) is 3.04. The van der Waals surface area contributed by atoms with Gasteiger partial charge < -0.3 is 5.11 Å². The number of carboxylic acids is 1. The zero-order chi connectivity index (χ0) is 12.6. The van der Waals surface area contributed by atoms with Gasteiger partial charge in [-0.05, 0) is 12.1 Å². The summed E-state index contributed by atoms with van der Waals surface area (Å²) in [6.07, 6.45) is 0.353. The Balaban J connectivity index is 3.23. The van der Waals surface area contributed by atoms with Crippen LogP contribution in [0, 0.1) is 0 Å². The number of hydrogen-bond acceptors (Lipinski definition) is 4. The van der Waals surface area contributed by atoms with Crippen LogP contribution in [-0.2, 0) is 9.84 Å². The lowest BCUT2D eigenvalue weighted by Gasteiger charge is -2.07. The molecule has 0 aliphatic rings. The molecule has 88 valence electrons. The normalized spacial score (nSPS) is 12.4. The monoisotopic (exact) mass is 255 g/mol. The molecule has 0 aliphatic carbocycles. The Hall–Kier alpha value is -1.64. The molecule has 1 aromatic heterocycles. The van der Waals surface area contributed by atoms with Gasteiger partial charge in [-0.2, -0.15) is 13.2 Å². The second-order valence-electron chi connectivity index (χ2n) is 2.63. The summed E-state index contributed by atoms with van der Waals surface area (Å²) in [6.45, 7) is 0. The van der Waals surface area contributed by atoms with Crippen molar-refractivity contribution in [3.05, 3.63) is 24.0 Å². The van der Waals surface area contributed by atoms with Crippen LogP contribution < -0.4 is 0 Å². The van der Waals surface area contributed by atoms with Crippen molar-refractivity contribution in [3.8, 4) is 0 Å². The summed E-state index contributed by atoms with van der Waals surface area (Å²) in [7, 11) is -5.47. The van der Waals surface area contributed by atoms with Crippen LogP contribution in [-0.4, -0.2) is 30.0 Å². The summed E-state index contributed by atoms with van der Waals surface area (Å²) in [6, 6.07) is 1.22. The Morgan fingerprint density at radius 2 is 1.88 bits per heavy atom. The van der Waals surface area contributed by atoms with Crippen LogP contribution in [0.2, 0.25) is 0 Å². The van der Waals surface area contributed by atoms with Crippen LogP contribution in [0.15, 0.2) is 23.2 Å². The highest BCUT2D eigenvalue weighted by Crippen LogP contribution is 2.29. The number of aromatic nitrogens is 1. The Labute approximate surface area is 87.5 Å². The minimum atomic E-state index is -5.47. The van der Waals surface area contributed by atoms with E-state index < -0.39 is 31.9 Å². The van der Waals surface area contributed by atoms with Crippen molar-refractivity contribution in [2.75, 3.05) is 0 Å². The third-order valence-electron chi connectivity index (χ3n) is 1.57. The quantitative estimate of drug-likeness (QED) is 0.854. The molecule has 1 N–H and O–H groups in total. The number of carbonyl (C=O) groups is 1. The zero-order valence-electron chi connectivity index (χ0n) is 7.39. The summed E-state index contributed by atoms with van der Waals surface area (Å²) in [5, 5.41) is 8.40. The fraction of sp³-hybridized carbons (Fsp3) is 0.143. The first-order valence-electron chi connectivity index (χ1n) is 3.67. The molecule has 0 atom stereocenters. The Bertz CT molecular complexity index is 505. The number of aromatic carboxylic acids is 1. The number of hydrogen-bond donors (Lipinski definition) is 1. The van der Waals surface area contributed by atoms with Crippen molar-refractivity contribution in [3.63, 3.8) is 0 Å². The van der Waals surface area contributed by atoms with Crippen LogP contribution >= 0.6 is 0 Å². The molecule has 0 saturated heterocycles. The molecule has 0 saturated carbocycles. The van der Waals surface area contributed by atoms with Gasteiger partial charge in [-0.1, -0.05) is 0 Å². The zero-order valence-corrected chi connectivity index (χ0v) is 8.21. The molecule has 1 heterocycles. The van der Waals surface area contributed by atoms with Gasteiger partial charge >= 0.3 is 11.5 Å². The smallest absolute Gasteiger partial charge is 0.477 e. The van der Waals surface area contributed by atoms with E-state index in [-0.39, 0.29) is 0 Å². The predicted octanol–water partition coefficient (Wildman–Crippen LogP) is 1.07. The molecule has 0 spiro atoms. The number of sulfone groups is 1. The van der Waals surface area contributed by atoms with Crippen LogP contribution in [0.25, 0.3) is 0 Å². The van der Waals surface area contributed by atoms with Crippen molar-refractivity contribution in [1.82, 2.24) is 4.98 Å². The average molecular weight is 255 g/mol. The predicted molar refractivity (Wildman–Crippen MR) is 44.4 cm³/mol. The molecule has 0 amide bonds. The first kappa shape index (κ1) is 12.4. The molecule has 1 aromatic rings. The summed E-state index contributed by atoms with van der Waals surface area (Å²) >= 11 is 0. The highest BCUT2D eigenvalue weighted by atomic mass is 32.2. The summed E-state index contributed by atoms with van der Waals surface area (Å²) in [5.41, 5.74) is -5.97.